The second-order valence-corrected chi connectivity index (χ2v) is 8.02. The molecule has 130 valence electrons. The number of carbonyl (C=O) groups excluding carboxylic acids is 1. The number of aromatic nitrogens is 2. The fourth-order valence-corrected chi connectivity index (χ4v) is 4.41. The molecule has 0 saturated carbocycles. The molecule has 1 atom stereocenters. The molecular weight excluding hydrogens is 340 g/mol. The first-order valence-electron chi connectivity index (χ1n) is 8.53. The summed E-state index contributed by atoms with van der Waals surface area (Å²) in [7, 11) is 0. The van der Waals surface area contributed by atoms with Gasteiger partial charge >= 0.3 is 0 Å². The van der Waals surface area contributed by atoms with E-state index in [1.54, 1.807) is 11.8 Å². The first-order valence-corrected chi connectivity index (χ1v) is 10.6. The summed E-state index contributed by atoms with van der Waals surface area (Å²) in [5, 5.41) is 4.86. The first kappa shape index (κ1) is 17.5. The third kappa shape index (κ3) is 3.67. The number of thioether (sulfide) groups is 1. The zero-order chi connectivity index (χ0) is 17.1. The number of nitrogens with zero attached hydrogens (tertiary/aromatic N) is 3. The maximum Gasteiger partial charge on any atom is 0.261 e. The fourth-order valence-electron chi connectivity index (χ4n) is 3.06. The molecule has 0 unspecified atom stereocenters. The molecule has 3 heterocycles. The van der Waals surface area contributed by atoms with Crippen molar-refractivity contribution in [1.29, 1.82) is 0 Å². The summed E-state index contributed by atoms with van der Waals surface area (Å²) in [4.78, 5) is 25.8. The highest BCUT2D eigenvalue weighted by Gasteiger charge is 2.21. The monoisotopic (exact) mass is 364 g/mol. The van der Waals surface area contributed by atoms with Crippen molar-refractivity contribution in [3.05, 3.63) is 10.9 Å². The Balaban J connectivity index is 1.94. The Morgan fingerprint density at radius 1 is 1.42 bits per heavy atom. The van der Waals surface area contributed by atoms with Gasteiger partial charge in [0.1, 0.15) is 10.6 Å². The molecule has 24 heavy (non-hydrogen) atoms. The molecule has 2 aromatic rings. The number of nitrogens with one attached hydrogen (secondary N) is 1. The van der Waals surface area contributed by atoms with Gasteiger partial charge in [-0.05, 0) is 38.5 Å². The summed E-state index contributed by atoms with van der Waals surface area (Å²) in [6, 6.07) is 2.16. The van der Waals surface area contributed by atoms with Crippen molar-refractivity contribution in [1.82, 2.24) is 15.3 Å². The average molecular weight is 365 g/mol. The Morgan fingerprint density at radius 2 is 2.17 bits per heavy atom. The molecule has 1 aliphatic heterocycles. The van der Waals surface area contributed by atoms with Gasteiger partial charge in [-0.2, -0.15) is 0 Å². The Labute approximate surface area is 151 Å². The van der Waals surface area contributed by atoms with Crippen LogP contribution in [-0.2, 0) is 0 Å². The van der Waals surface area contributed by atoms with Crippen LogP contribution in [0.1, 0.15) is 49.2 Å². The highest BCUT2D eigenvalue weighted by atomic mass is 32.2. The molecule has 0 bridgehead atoms. The van der Waals surface area contributed by atoms with E-state index in [1.807, 2.05) is 12.3 Å². The second-order valence-electron chi connectivity index (χ2n) is 6.22. The molecule has 1 saturated heterocycles. The fraction of sp³-hybridized carbons (Fsp3) is 0.588. The molecule has 1 N–H and O–H groups in total. The van der Waals surface area contributed by atoms with E-state index in [-0.39, 0.29) is 11.9 Å². The summed E-state index contributed by atoms with van der Waals surface area (Å²) in [5.41, 5.74) is 0. The standard InChI is InChI=1S/C17H24N4OS2/c1-4-7-11(2)18-15(22)13-10-12-14(21-8-5-6-9-21)19-17(23-3)20-16(12)24-13/h10-11H,4-9H2,1-3H3,(H,18,22)/t11-/m1/s1. The predicted molar refractivity (Wildman–Crippen MR) is 102 cm³/mol. The lowest BCUT2D eigenvalue weighted by Gasteiger charge is -2.17. The van der Waals surface area contributed by atoms with Crippen LogP contribution in [0.25, 0.3) is 10.2 Å². The van der Waals surface area contributed by atoms with Crippen LogP contribution < -0.4 is 10.2 Å². The second kappa shape index (κ2) is 7.70. The van der Waals surface area contributed by atoms with E-state index >= 15 is 0 Å². The van der Waals surface area contributed by atoms with E-state index in [0.717, 1.165) is 52.0 Å². The van der Waals surface area contributed by atoms with Gasteiger partial charge in [0.05, 0.1) is 10.3 Å². The highest BCUT2D eigenvalue weighted by molar-refractivity contribution is 7.98. The maximum atomic E-state index is 12.5. The summed E-state index contributed by atoms with van der Waals surface area (Å²) in [6.45, 7) is 6.25. The largest absolute Gasteiger partial charge is 0.356 e. The van der Waals surface area contributed by atoms with Crippen molar-refractivity contribution in [2.24, 2.45) is 0 Å². The molecule has 2 aromatic heterocycles. The van der Waals surface area contributed by atoms with E-state index in [4.69, 9.17) is 4.98 Å². The summed E-state index contributed by atoms with van der Waals surface area (Å²) < 4.78 is 0. The Morgan fingerprint density at radius 3 is 2.83 bits per heavy atom. The van der Waals surface area contributed by atoms with E-state index in [9.17, 15) is 4.79 Å². The van der Waals surface area contributed by atoms with Crippen LogP contribution in [0.3, 0.4) is 0 Å². The van der Waals surface area contributed by atoms with Gasteiger partial charge < -0.3 is 10.2 Å². The van der Waals surface area contributed by atoms with Crippen molar-refractivity contribution in [3.63, 3.8) is 0 Å². The molecule has 5 nitrogen and oxygen atoms in total. The minimum atomic E-state index is -0.00276. The van der Waals surface area contributed by atoms with Crippen LogP contribution in [0.5, 0.6) is 0 Å². The number of hydrogen-bond donors (Lipinski definition) is 1. The third-order valence-corrected chi connectivity index (χ3v) is 5.84. The minimum absolute atomic E-state index is 0.00276. The molecule has 7 heteroatoms. The Kier molecular flexibility index (Phi) is 5.61. The summed E-state index contributed by atoms with van der Waals surface area (Å²) in [5.74, 6) is 0.982. The number of carbonyl (C=O) groups is 1. The average Bonchev–Trinajstić information content (AvgIpc) is 3.23. The van der Waals surface area contributed by atoms with Gasteiger partial charge in [0.2, 0.25) is 0 Å². The molecule has 0 aliphatic carbocycles. The SMILES string of the molecule is CCC[C@@H](C)NC(=O)c1cc2c(N3CCCC3)nc(SC)nc2s1. The first-order chi connectivity index (χ1) is 11.6. The van der Waals surface area contributed by atoms with Gasteiger partial charge in [0.25, 0.3) is 5.91 Å². The lowest BCUT2D eigenvalue weighted by molar-refractivity contribution is 0.0942. The number of rotatable bonds is 6. The lowest BCUT2D eigenvalue weighted by atomic mass is 10.2. The number of fused-ring (bicyclic) bond motifs is 1. The lowest BCUT2D eigenvalue weighted by Crippen LogP contribution is -2.31. The van der Waals surface area contributed by atoms with Gasteiger partial charge in [-0.3, -0.25) is 4.79 Å². The zero-order valence-corrected chi connectivity index (χ0v) is 16.1. The molecule has 1 amide bonds. The van der Waals surface area contributed by atoms with E-state index < -0.39 is 0 Å². The van der Waals surface area contributed by atoms with Crippen LogP contribution in [0, 0.1) is 0 Å². The third-order valence-electron chi connectivity index (χ3n) is 4.26. The Bertz CT molecular complexity index is 725. The van der Waals surface area contributed by atoms with Crippen molar-refractivity contribution in [2.45, 2.75) is 50.7 Å². The maximum absolute atomic E-state index is 12.5. The van der Waals surface area contributed by atoms with Crippen LogP contribution in [0.15, 0.2) is 11.2 Å². The van der Waals surface area contributed by atoms with E-state index in [2.05, 4.69) is 29.0 Å². The van der Waals surface area contributed by atoms with Crippen molar-refractivity contribution in [2.75, 3.05) is 24.2 Å². The van der Waals surface area contributed by atoms with Gasteiger partial charge in [-0.25, -0.2) is 9.97 Å². The highest BCUT2D eigenvalue weighted by Crippen LogP contribution is 2.34. The van der Waals surface area contributed by atoms with Crippen LogP contribution >= 0.6 is 23.1 Å². The minimum Gasteiger partial charge on any atom is -0.356 e. The molecular formula is C17H24N4OS2. The number of hydrogen-bond acceptors (Lipinski definition) is 6. The molecule has 1 fully saturated rings. The molecule has 0 aromatic carbocycles. The molecule has 3 rings (SSSR count). The van der Waals surface area contributed by atoms with Gasteiger partial charge in [-0.15, -0.1) is 11.3 Å². The van der Waals surface area contributed by atoms with Crippen molar-refractivity contribution >= 4 is 45.0 Å². The number of anilines is 1. The molecule has 1 aliphatic rings. The molecule has 0 radical (unpaired) electrons. The topological polar surface area (TPSA) is 58.1 Å². The van der Waals surface area contributed by atoms with Gasteiger partial charge in [0.15, 0.2) is 5.16 Å². The van der Waals surface area contributed by atoms with Crippen molar-refractivity contribution in [3.8, 4) is 0 Å². The van der Waals surface area contributed by atoms with E-state index in [1.165, 1.54) is 24.2 Å². The smallest absolute Gasteiger partial charge is 0.261 e. The van der Waals surface area contributed by atoms with Crippen LogP contribution in [0.2, 0.25) is 0 Å². The summed E-state index contributed by atoms with van der Waals surface area (Å²) in [6.07, 6.45) is 6.45. The molecule has 0 spiro atoms. The van der Waals surface area contributed by atoms with Crippen LogP contribution in [-0.4, -0.2) is 41.3 Å². The quantitative estimate of drug-likeness (QED) is 0.622. The predicted octanol–water partition coefficient (Wildman–Crippen LogP) is 3.93. The van der Waals surface area contributed by atoms with Gasteiger partial charge in [0, 0.05) is 19.1 Å². The number of thiophene rings is 1. The van der Waals surface area contributed by atoms with Crippen molar-refractivity contribution < 1.29 is 4.79 Å². The number of amides is 1. The normalized spacial score (nSPS) is 15.9. The zero-order valence-electron chi connectivity index (χ0n) is 14.5. The Hall–Kier alpha value is -1.34. The van der Waals surface area contributed by atoms with Gasteiger partial charge in [-0.1, -0.05) is 25.1 Å². The van der Waals surface area contributed by atoms with E-state index in [0.29, 0.717) is 0 Å². The summed E-state index contributed by atoms with van der Waals surface area (Å²) >= 11 is 3.01. The van der Waals surface area contributed by atoms with Crippen LogP contribution in [0.4, 0.5) is 5.82 Å².